The van der Waals surface area contributed by atoms with Gasteiger partial charge in [-0.1, -0.05) is 41.6 Å². The number of aromatic nitrogens is 3. The molecule has 6 rings (SSSR count). The van der Waals surface area contributed by atoms with Crippen molar-refractivity contribution in [1.29, 1.82) is 0 Å². The van der Waals surface area contributed by atoms with E-state index in [-0.39, 0.29) is 23.8 Å². The van der Waals surface area contributed by atoms with Crippen LogP contribution in [0.5, 0.6) is 11.5 Å². The molecule has 4 atom stereocenters. The van der Waals surface area contributed by atoms with Crippen LogP contribution < -0.4 is 20.1 Å². The van der Waals surface area contributed by atoms with Crippen LogP contribution in [0.4, 0.5) is 0 Å². The van der Waals surface area contributed by atoms with Crippen molar-refractivity contribution >= 4 is 22.8 Å². The molecule has 3 aromatic carbocycles. The van der Waals surface area contributed by atoms with E-state index in [0.29, 0.717) is 32.5 Å². The van der Waals surface area contributed by atoms with E-state index >= 15 is 0 Å². The quantitative estimate of drug-likeness (QED) is 0.320. The zero-order valence-electron chi connectivity index (χ0n) is 23.9. The predicted octanol–water partition coefficient (Wildman–Crippen LogP) is 2.86. The first-order valence-corrected chi connectivity index (χ1v) is 14.4. The van der Waals surface area contributed by atoms with Crippen molar-refractivity contribution in [2.45, 2.75) is 44.0 Å². The number of methoxy groups -OCH3 is 1. The van der Waals surface area contributed by atoms with Crippen LogP contribution in [0.15, 0.2) is 72.8 Å². The Hall–Kier alpha value is -4.44. The SMILES string of the molecule is COc1ccc(C[C@@H]2C[C@@H](C(=O)NCc3ccc4c(c3)nnn4C)N(C(=O)[C@H]3C[C@@H](Oc4ccccc4)CN3)C2)cc1. The molecule has 3 heterocycles. The van der Waals surface area contributed by atoms with E-state index in [1.165, 1.54) is 0 Å². The molecule has 2 saturated heterocycles. The lowest BCUT2D eigenvalue weighted by Gasteiger charge is -2.27. The summed E-state index contributed by atoms with van der Waals surface area (Å²) in [4.78, 5) is 29.2. The van der Waals surface area contributed by atoms with Crippen molar-refractivity contribution in [3.63, 3.8) is 0 Å². The van der Waals surface area contributed by atoms with E-state index in [1.807, 2.05) is 79.8 Å². The molecule has 4 aromatic rings. The van der Waals surface area contributed by atoms with Crippen molar-refractivity contribution in [2.24, 2.45) is 13.0 Å². The highest BCUT2D eigenvalue weighted by Gasteiger charge is 2.43. The molecule has 2 N–H and O–H groups in total. The smallest absolute Gasteiger partial charge is 0.243 e. The van der Waals surface area contributed by atoms with Gasteiger partial charge in [0.05, 0.1) is 18.7 Å². The first-order valence-electron chi connectivity index (χ1n) is 14.4. The number of amides is 2. The van der Waals surface area contributed by atoms with E-state index in [2.05, 4.69) is 20.9 Å². The molecular weight excluding hydrogens is 532 g/mol. The highest BCUT2D eigenvalue weighted by molar-refractivity contribution is 5.90. The lowest BCUT2D eigenvalue weighted by molar-refractivity contribution is -0.139. The molecule has 2 aliphatic rings. The monoisotopic (exact) mass is 568 g/mol. The Morgan fingerprint density at radius 3 is 2.57 bits per heavy atom. The second-order valence-corrected chi connectivity index (χ2v) is 11.2. The summed E-state index contributed by atoms with van der Waals surface area (Å²) in [5, 5.41) is 14.7. The second-order valence-electron chi connectivity index (χ2n) is 11.2. The normalized spacial score (nSPS) is 21.9. The van der Waals surface area contributed by atoms with Gasteiger partial charge in [-0.05, 0) is 66.3 Å². The Labute approximate surface area is 245 Å². The van der Waals surface area contributed by atoms with Gasteiger partial charge in [0, 0.05) is 33.1 Å². The largest absolute Gasteiger partial charge is 0.497 e. The molecule has 0 aliphatic carbocycles. The van der Waals surface area contributed by atoms with Gasteiger partial charge in [0.2, 0.25) is 11.8 Å². The van der Waals surface area contributed by atoms with Crippen LogP contribution in [0.3, 0.4) is 0 Å². The van der Waals surface area contributed by atoms with Crippen molar-refractivity contribution in [3.05, 3.63) is 83.9 Å². The van der Waals surface area contributed by atoms with E-state index in [1.54, 1.807) is 16.7 Å². The first-order chi connectivity index (χ1) is 20.5. The van der Waals surface area contributed by atoms with Gasteiger partial charge in [0.15, 0.2) is 0 Å². The third-order valence-electron chi connectivity index (χ3n) is 8.23. The minimum Gasteiger partial charge on any atom is -0.497 e. The summed E-state index contributed by atoms with van der Waals surface area (Å²) >= 11 is 0. The average molecular weight is 569 g/mol. The molecule has 2 amide bonds. The molecule has 0 spiro atoms. The highest BCUT2D eigenvalue weighted by Crippen LogP contribution is 2.29. The number of fused-ring (bicyclic) bond motifs is 1. The Morgan fingerprint density at radius 1 is 1.00 bits per heavy atom. The highest BCUT2D eigenvalue weighted by atomic mass is 16.5. The number of ether oxygens (including phenoxy) is 2. The number of benzene rings is 3. The maximum atomic E-state index is 13.9. The number of rotatable bonds is 9. The molecule has 42 heavy (non-hydrogen) atoms. The fourth-order valence-electron chi connectivity index (χ4n) is 6.03. The first kappa shape index (κ1) is 27.7. The molecule has 0 bridgehead atoms. The molecule has 218 valence electrons. The fourth-order valence-corrected chi connectivity index (χ4v) is 6.03. The number of nitrogens with zero attached hydrogens (tertiary/aromatic N) is 4. The summed E-state index contributed by atoms with van der Waals surface area (Å²) < 4.78 is 13.1. The summed E-state index contributed by atoms with van der Waals surface area (Å²) in [5.41, 5.74) is 3.79. The van der Waals surface area contributed by atoms with Crippen LogP contribution in [-0.2, 0) is 29.6 Å². The maximum absolute atomic E-state index is 13.9. The zero-order valence-corrected chi connectivity index (χ0v) is 23.9. The van der Waals surface area contributed by atoms with Crippen LogP contribution in [0.2, 0.25) is 0 Å². The van der Waals surface area contributed by atoms with Crippen molar-refractivity contribution in [3.8, 4) is 11.5 Å². The number of nitrogens with one attached hydrogen (secondary N) is 2. The maximum Gasteiger partial charge on any atom is 0.243 e. The lowest BCUT2D eigenvalue weighted by atomic mass is 9.96. The number of carbonyl (C=O) groups is 2. The van der Waals surface area contributed by atoms with Crippen LogP contribution in [0.25, 0.3) is 11.0 Å². The standard InChI is InChI=1S/C32H36N6O4/c1-37-29-13-10-22(15-27(29)35-36-37)18-34-31(39)30-16-23(14-21-8-11-24(41-2)12-9-21)20-38(30)32(40)28-17-26(19-33-28)42-25-6-4-3-5-7-25/h3-13,15,23,26,28,30,33H,14,16-20H2,1-2H3,(H,34,39)/t23-,26-,28-,30+/m1/s1. The predicted molar refractivity (Wildman–Crippen MR) is 158 cm³/mol. The molecule has 2 fully saturated rings. The van der Waals surface area contributed by atoms with Crippen molar-refractivity contribution < 1.29 is 19.1 Å². The third-order valence-corrected chi connectivity index (χ3v) is 8.23. The molecule has 1 aromatic heterocycles. The van der Waals surface area contributed by atoms with Gasteiger partial charge >= 0.3 is 0 Å². The van der Waals surface area contributed by atoms with E-state index < -0.39 is 12.1 Å². The van der Waals surface area contributed by atoms with Crippen LogP contribution in [-0.4, -0.2) is 70.1 Å². The Balaban J connectivity index is 1.14. The van der Waals surface area contributed by atoms with Gasteiger partial charge in [-0.15, -0.1) is 5.10 Å². The van der Waals surface area contributed by atoms with Crippen molar-refractivity contribution in [1.82, 2.24) is 30.5 Å². The summed E-state index contributed by atoms with van der Waals surface area (Å²) in [6, 6.07) is 22.5. The summed E-state index contributed by atoms with van der Waals surface area (Å²) in [5.74, 6) is 1.56. The molecular formula is C32H36N6O4. The van der Waals surface area contributed by atoms with Crippen molar-refractivity contribution in [2.75, 3.05) is 20.2 Å². The molecule has 0 saturated carbocycles. The van der Waals surface area contributed by atoms with E-state index in [4.69, 9.17) is 9.47 Å². The minimum atomic E-state index is -0.545. The Bertz CT molecular complexity index is 1540. The second kappa shape index (κ2) is 12.2. The van der Waals surface area contributed by atoms with Gasteiger partial charge in [-0.2, -0.15) is 0 Å². The van der Waals surface area contributed by atoms with Gasteiger partial charge < -0.3 is 25.0 Å². The summed E-state index contributed by atoms with van der Waals surface area (Å²) in [7, 11) is 3.50. The number of carbonyl (C=O) groups excluding carboxylic acids is 2. The number of likely N-dealkylation sites (tertiary alicyclic amines) is 1. The third kappa shape index (κ3) is 6.08. The zero-order chi connectivity index (χ0) is 29.1. The van der Waals surface area contributed by atoms with Crippen LogP contribution >= 0.6 is 0 Å². The van der Waals surface area contributed by atoms with Gasteiger partial charge in [0.25, 0.3) is 0 Å². The molecule has 0 radical (unpaired) electrons. The van der Waals surface area contributed by atoms with Crippen LogP contribution in [0.1, 0.15) is 24.0 Å². The van der Waals surface area contributed by atoms with Crippen LogP contribution in [0, 0.1) is 5.92 Å². The number of aryl methyl sites for hydroxylation is 1. The number of hydrogen-bond donors (Lipinski definition) is 2. The lowest BCUT2D eigenvalue weighted by Crippen LogP contribution is -2.51. The van der Waals surface area contributed by atoms with E-state index in [9.17, 15) is 9.59 Å². The average Bonchev–Trinajstić information content (AvgIpc) is 3.75. The fraction of sp³-hybridized carbons (Fsp3) is 0.375. The van der Waals surface area contributed by atoms with E-state index in [0.717, 1.165) is 40.1 Å². The minimum absolute atomic E-state index is 0.0486. The van der Waals surface area contributed by atoms with Gasteiger partial charge in [-0.3, -0.25) is 9.59 Å². The topological polar surface area (TPSA) is 111 Å². The number of hydrogen-bond acceptors (Lipinski definition) is 7. The molecule has 10 nitrogen and oxygen atoms in total. The molecule has 10 heteroatoms. The molecule has 0 unspecified atom stereocenters. The summed E-state index contributed by atoms with van der Waals surface area (Å²) in [6.07, 6.45) is 1.82. The van der Waals surface area contributed by atoms with Gasteiger partial charge in [0.1, 0.15) is 29.2 Å². The Morgan fingerprint density at radius 2 is 1.79 bits per heavy atom. The number of para-hydroxylation sites is 1. The Kier molecular flexibility index (Phi) is 8.05. The molecule has 2 aliphatic heterocycles. The summed E-state index contributed by atoms with van der Waals surface area (Å²) in [6.45, 7) is 1.45. The van der Waals surface area contributed by atoms with Gasteiger partial charge in [-0.25, -0.2) is 4.68 Å².